The van der Waals surface area contributed by atoms with Crippen molar-refractivity contribution in [2.24, 2.45) is 4.40 Å². The lowest BCUT2D eigenvalue weighted by molar-refractivity contribution is -0.384. The topological polar surface area (TPSA) is 119 Å². The van der Waals surface area contributed by atoms with Crippen LogP contribution < -0.4 is 0 Å². The Hall–Kier alpha value is -3.02. The minimum absolute atomic E-state index is 0.0171. The first kappa shape index (κ1) is 22.7. The maximum atomic E-state index is 12.9. The van der Waals surface area contributed by atoms with Crippen LogP contribution in [-0.2, 0) is 19.6 Å². The number of non-ortho nitro benzene ring substituents is 1. The van der Waals surface area contributed by atoms with Gasteiger partial charge in [-0.3, -0.25) is 19.8 Å². The lowest BCUT2D eigenvalue weighted by atomic mass is 10.2. The van der Waals surface area contributed by atoms with Crippen LogP contribution in [-0.4, -0.2) is 49.6 Å². The Morgan fingerprint density at radius 3 is 2.61 bits per heavy atom. The highest BCUT2D eigenvalue weighted by atomic mass is 32.2. The highest BCUT2D eigenvalue weighted by molar-refractivity contribution is 8.19. The monoisotopic (exact) mass is 461 g/mol. The average molecular weight is 462 g/mol. The van der Waals surface area contributed by atoms with E-state index in [1.807, 2.05) is 0 Å². The van der Waals surface area contributed by atoms with Crippen molar-refractivity contribution in [2.75, 3.05) is 20.3 Å². The molecule has 3 rings (SSSR count). The lowest BCUT2D eigenvalue weighted by Gasteiger charge is -2.15. The van der Waals surface area contributed by atoms with E-state index in [2.05, 4.69) is 4.40 Å². The van der Waals surface area contributed by atoms with Gasteiger partial charge < -0.3 is 4.74 Å². The van der Waals surface area contributed by atoms with Crippen LogP contribution in [0.3, 0.4) is 0 Å². The molecule has 1 saturated heterocycles. The Kier molecular flexibility index (Phi) is 7.21. The molecule has 2 aromatic carbocycles. The Labute approximate surface area is 183 Å². The predicted octanol–water partition coefficient (Wildman–Crippen LogP) is 3.29. The van der Waals surface area contributed by atoms with Crippen molar-refractivity contribution in [1.29, 1.82) is 0 Å². The molecule has 0 radical (unpaired) electrons. The molecule has 0 aliphatic carbocycles. The molecule has 9 nitrogen and oxygen atoms in total. The van der Waals surface area contributed by atoms with Crippen molar-refractivity contribution in [2.45, 2.75) is 11.3 Å². The summed E-state index contributed by atoms with van der Waals surface area (Å²) < 4.78 is 34.3. The van der Waals surface area contributed by atoms with Gasteiger partial charge in [0, 0.05) is 32.4 Å². The minimum atomic E-state index is -4.02. The van der Waals surface area contributed by atoms with Crippen LogP contribution in [0, 0.1) is 10.1 Å². The van der Waals surface area contributed by atoms with Gasteiger partial charge in [0.1, 0.15) is 0 Å². The lowest BCUT2D eigenvalue weighted by Crippen LogP contribution is -2.31. The Morgan fingerprint density at radius 1 is 1.19 bits per heavy atom. The largest absolute Gasteiger partial charge is 0.385 e. The summed E-state index contributed by atoms with van der Waals surface area (Å²) in [6.07, 6.45) is 1.97. The zero-order valence-electron chi connectivity index (χ0n) is 16.5. The van der Waals surface area contributed by atoms with Gasteiger partial charge in [0.15, 0.2) is 5.17 Å². The van der Waals surface area contributed by atoms with Gasteiger partial charge in [-0.1, -0.05) is 30.3 Å². The molecule has 0 bridgehead atoms. The number of amidine groups is 1. The fourth-order valence-electron chi connectivity index (χ4n) is 2.77. The molecule has 0 spiro atoms. The van der Waals surface area contributed by atoms with Crippen LogP contribution in [0.4, 0.5) is 5.69 Å². The Bertz CT molecular complexity index is 1150. The molecule has 1 aliphatic rings. The normalized spacial score (nSPS) is 16.9. The summed E-state index contributed by atoms with van der Waals surface area (Å²) in [6.45, 7) is 0.603. The number of nitrogens with zero attached hydrogens (tertiary/aromatic N) is 3. The maximum Gasteiger partial charge on any atom is 0.284 e. The van der Waals surface area contributed by atoms with Gasteiger partial charge in [-0.15, -0.1) is 4.40 Å². The van der Waals surface area contributed by atoms with Crippen molar-refractivity contribution in [3.05, 3.63) is 75.2 Å². The standard InChI is InChI=1S/C20H19N3O6S2/c1-29-12-6-11-22-19(24)18(14-15-7-5-8-16(13-15)23(25)26)30-20(22)21-31(27,28)17-9-3-2-4-10-17/h2-5,7-10,13-14H,6,11-12H2,1H3/b18-14-,21-20?. The van der Waals surface area contributed by atoms with Gasteiger partial charge in [-0.25, -0.2) is 0 Å². The molecule has 2 aromatic rings. The van der Waals surface area contributed by atoms with Crippen LogP contribution >= 0.6 is 11.8 Å². The van der Waals surface area contributed by atoms with E-state index in [4.69, 9.17) is 4.74 Å². The second-order valence-electron chi connectivity index (χ2n) is 6.43. The van der Waals surface area contributed by atoms with Gasteiger partial charge in [-0.05, 0) is 42.0 Å². The number of amides is 1. The number of nitro benzene ring substituents is 1. The smallest absolute Gasteiger partial charge is 0.284 e. The molecule has 1 fully saturated rings. The van der Waals surface area contributed by atoms with Gasteiger partial charge in [0.25, 0.3) is 21.6 Å². The Balaban J connectivity index is 1.97. The molecule has 0 atom stereocenters. The number of sulfonamides is 1. The van der Waals surface area contributed by atoms with E-state index in [0.29, 0.717) is 18.6 Å². The number of nitro groups is 1. The van der Waals surface area contributed by atoms with Crippen molar-refractivity contribution in [3.63, 3.8) is 0 Å². The number of carbonyl (C=O) groups excluding carboxylic acids is 1. The highest BCUT2D eigenvalue weighted by Crippen LogP contribution is 2.34. The van der Waals surface area contributed by atoms with Crippen molar-refractivity contribution in [1.82, 2.24) is 4.90 Å². The van der Waals surface area contributed by atoms with Crippen molar-refractivity contribution >= 4 is 44.6 Å². The summed E-state index contributed by atoms with van der Waals surface area (Å²) in [4.78, 5) is 24.9. The van der Waals surface area contributed by atoms with Crippen LogP contribution in [0.2, 0.25) is 0 Å². The van der Waals surface area contributed by atoms with Gasteiger partial charge >= 0.3 is 0 Å². The number of benzene rings is 2. The molecule has 1 heterocycles. The molecule has 0 saturated carbocycles. The van der Waals surface area contributed by atoms with E-state index in [9.17, 15) is 23.3 Å². The number of ether oxygens (including phenoxy) is 1. The number of hydrogen-bond acceptors (Lipinski definition) is 7. The summed E-state index contributed by atoms with van der Waals surface area (Å²) in [6, 6.07) is 13.5. The zero-order valence-corrected chi connectivity index (χ0v) is 18.1. The van der Waals surface area contributed by atoms with E-state index >= 15 is 0 Å². The van der Waals surface area contributed by atoms with E-state index < -0.39 is 20.9 Å². The maximum absolute atomic E-state index is 12.9. The second-order valence-corrected chi connectivity index (χ2v) is 9.04. The van der Waals surface area contributed by atoms with E-state index in [1.165, 1.54) is 48.4 Å². The summed E-state index contributed by atoms with van der Waals surface area (Å²) in [5, 5.41) is 11.0. The summed E-state index contributed by atoms with van der Waals surface area (Å²) in [7, 11) is -2.49. The summed E-state index contributed by atoms with van der Waals surface area (Å²) in [5.41, 5.74) is 0.344. The number of methoxy groups -OCH3 is 1. The molecule has 1 aliphatic heterocycles. The van der Waals surface area contributed by atoms with Crippen LogP contribution in [0.1, 0.15) is 12.0 Å². The fourth-order valence-corrected chi connectivity index (χ4v) is 5.00. The number of rotatable bonds is 8. The molecule has 0 N–H and O–H groups in total. The Morgan fingerprint density at radius 2 is 1.94 bits per heavy atom. The average Bonchev–Trinajstić information content (AvgIpc) is 3.03. The van der Waals surface area contributed by atoms with Gasteiger partial charge in [-0.2, -0.15) is 8.42 Å². The number of hydrogen-bond donors (Lipinski definition) is 0. The van der Waals surface area contributed by atoms with Crippen LogP contribution in [0.5, 0.6) is 0 Å². The zero-order chi connectivity index (χ0) is 22.4. The SMILES string of the molecule is COCCCN1C(=O)/C(=C/c2cccc([N+](=O)[O-])c2)SC1=NS(=O)(=O)c1ccccc1. The van der Waals surface area contributed by atoms with E-state index in [-0.39, 0.29) is 27.2 Å². The van der Waals surface area contributed by atoms with Crippen molar-refractivity contribution < 1.29 is 22.9 Å². The molecular weight excluding hydrogens is 442 g/mol. The highest BCUT2D eigenvalue weighted by Gasteiger charge is 2.34. The number of carbonyl (C=O) groups is 1. The first-order valence-electron chi connectivity index (χ1n) is 9.16. The summed E-state index contributed by atoms with van der Waals surface area (Å²) in [5.74, 6) is -0.422. The first-order valence-corrected chi connectivity index (χ1v) is 11.4. The molecule has 1 amide bonds. The third-order valence-corrected chi connectivity index (χ3v) is 6.64. The fraction of sp³-hybridized carbons (Fsp3) is 0.200. The van der Waals surface area contributed by atoms with Gasteiger partial charge in [0.05, 0.1) is 14.7 Å². The van der Waals surface area contributed by atoms with E-state index in [0.717, 1.165) is 11.8 Å². The molecule has 11 heteroatoms. The van der Waals surface area contributed by atoms with Crippen molar-refractivity contribution in [3.8, 4) is 0 Å². The molecule has 0 aromatic heterocycles. The van der Waals surface area contributed by atoms with Gasteiger partial charge in [0.2, 0.25) is 0 Å². The van der Waals surface area contributed by atoms with E-state index in [1.54, 1.807) is 24.3 Å². The number of thioether (sulfide) groups is 1. The third-order valence-electron chi connectivity index (χ3n) is 4.24. The minimum Gasteiger partial charge on any atom is -0.385 e. The third kappa shape index (κ3) is 5.57. The predicted molar refractivity (Wildman–Crippen MR) is 118 cm³/mol. The summed E-state index contributed by atoms with van der Waals surface area (Å²) >= 11 is 0.913. The first-order chi connectivity index (χ1) is 14.8. The molecular formula is C20H19N3O6S2. The molecule has 31 heavy (non-hydrogen) atoms. The van der Waals surface area contributed by atoms with Crippen LogP contribution in [0.25, 0.3) is 6.08 Å². The quantitative estimate of drug-likeness (QED) is 0.256. The molecule has 162 valence electrons. The molecule has 0 unspecified atom stereocenters. The van der Waals surface area contributed by atoms with Crippen LogP contribution in [0.15, 0.2) is 68.8 Å². The second kappa shape index (κ2) is 9.86.